The van der Waals surface area contributed by atoms with Crippen molar-refractivity contribution in [2.75, 3.05) is 6.61 Å². The van der Waals surface area contributed by atoms with E-state index in [1.807, 2.05) is 6.07 Å². The first-order valence-corrected chi connectivity index (χ1v) is 4.03. The van der Waals surface area contributed by atoms with Crippen LogP contribution in [0.3, 0.4) is 0 Å². The molecule has 1 atom stereocenters. The second-order valence-electron chi connectivity index (χ2n) is 2.82. The molecule has 0 bridgehead atoms. The molecule has 1 aliphatic heterocycles. The lowest BCUT2D eigenvalue weighted by Crippen LogP contribution is -2.30. The lowest BCUT2D eigenvalue weighted by Gasteiger charge is -2.26. The summed E-state index contributed by atoms with van der Waals surface area (Å²) in [6.07, 6.45) is 0.136. The number of hydrogen-bond donors (Lipinski definition) is 0. The maximum atomic E-state index is 13.9. The van der Waals surface area contributed by atoms with Gasteiger partial charge in [-0.2, -0.15) is 4.89 Å². The van der Waals surface area contributed by atoms with Crippen molar-refractivity contribution >= 4 is 0 Å². The van der Waals surface area contributed by atoms with Gasteiger partial charge in [0.15, 0.2) is 0 Å². The minimum absolute atomic E-state index is 0.136. The van der Waals surface area contributed by atoms with Crippen LogP contribution in [0.25, 0.3) is 0 Å². The normalized spacial score (nSPS) is 28.7. The largest absolute Gasteiger partial charge is 0.271 e. The van der Waals surface area contributed by atoms with Crippen molar-refractivity contribution in [2.24, 2.45) is 0 Å². The summed E-state index contributed by atoms with van der Waals surface area (Å²) >= 11 is 0. The fourth-order valence-corrected chi connectivity index (χ4v) is 1.21. The summed E-state index contributed by atoms with van der Waals surface area (Å²) in [6.45, 7) is 0.186. The minimum atomic E-state index is -1.88. The van der Waals surface area contributed by atoms with E-state index in [-0.39, 0.29) is 13.0 Å². The topological polar surface area (TPSA) is 27.7 Å². The molecular weight excluding hydrogens is 175 g/mol. The molecule has 0 amide bonds. The van der Waals surface area contributed by atoms with Crippen LogP contribution < -0.4 is 0 Å². The predicted molar refractivity (Wildman–Crippen MR) is 42.0 cm³/mol. The summed E-state index contributed by atoms with van der Waals surface area (Å²) in [5, 5.41) is 4.16. The molecule has 1 aliphatic rings. The summed E-state index contributed by atoms with van der Waals surface area (Å²) in [5.74, 6) is -1.88. The van der Waals surface area contributed by atoms with Gasteiger partial charge in [-0.1, -0.05) is 35.4 Å². The van der Waals surface area contributed by atoms with Crippen LogP contribution in [0, 0.1) is 0 Å². The van der Waals surface area contributed by atoms with Gasteiger partial charge in [-0.25, -0.2) is 9.28 Å². The van der Waals surface area contributed by atoms with Crippen LogP contribution in [0.15, 0.2) is 30.3 Å². The predicted octanol–water partition coefficient (Wildman–Crippen LogP) is 2.09. The quantitative estimate of drug-likeness (QED) is 0.625. The molecule has 1 saturated heterocycles. The molecule has 1 fully saturated rings. The smallest absolute Gasteiger partial charge is 0.206 e. The number of benzene rings is 1. The maximum Gasteiger partial charge on any atom is 0.271 e. The molecule has 1 heterocycles. The summed E-state index contributed by atoms with van der Waals surface area (Å²) < 4.78 is 13.9. The number of alkyl halides is 1. The summed E-state index contributed by atoms with van der Waals surface area (Å²) in [7, 11) is 0. The Morgan fingerprint density at radius 3 is 2.62 bits per heavy atom. The summed E-state index contributed by atoms with van der Waals surface area (Å²) in [4.78, 5) is 8.89. The van der Waals surface area contributed by atoms with Gasteiger partial charge in [0.25, 0.3) is 5.85 Å². The third-order valence-corrected chi connectivity index (χ3v) is 1.93. The molecule has 0 N–H and O–H groups in total. The van der Waals surface area contributed by atoms with Gasteiger partial charge < -0.3 is 0 Å². The van der Waals surface area contributed by atoms with E-state index in [9.17, 15) is 4.39 Å². The standard InChI is InChI=1S/C9H9FO3/c10-9(6-7-11-13-12-9)8-4-2-1-3-5-8/h1-5H,6-7H2. The van der Waals surface area contributed by atoms with Crippen LogP contribution >= 0.6 is 0 Å². The molecule has 1 aromatic rings. The van der Waals surface area contributed by atoms with Gasteiger partial charge >= 0.3 is 0 Å². The van der Waals surface area contributed by atoms with Crippen LogP contribution in [0.1, 0.15) is 12.0 Å². The maximum absolute atomic E-state index is 13.9. The lowest BCUT2D eigenvalue weighted by atomic mass is 10.0. The zero-order valence-electron chi connectivity index (χ0n) is 6.90. The van der Waals surface area contributed by atoms with Gasteiger partial charge in [0.05, 0.1) is 6.61 Å². The van der Waals surface area contributed by atoms with Crippen molar-refractivity contribution in [2.45, 2.75) is 12.3 Å². The summed E-state index contributed by atoms with van der Waals surface area (Å²) in [6, 6.07) is 8.60. The van der Waals surface area contributed by atoms with Crippen molar-refractivity contribution in [1.82, 2.24) is 0 Å². The van der Waals surface area contributed by atoms with Gasteiger partial charge in [0.1, 0.15) is 0 Å². The van der Waals surface area contributed by atoms with Crippen molar-refractivity contribution in [1.29, 1.82) is 0 Å². The lowest BCUT2D eigenvalue weighted by molar-refractivity contribution is -0.591. The monoisotopic (exact) mass is 184 g/mol. The van der Waals surface area contributed by atoms with E-state index < -0.39 is 5.85 Å². The minimum Gasteiger partial charge on any atom is -0.206 e. The molecular formula is C9H9FO3. The van der Waals surface area contributed by atoms with Crippen LogP contribution in [0.4, 0.5) is 4.39 Å². The Balaban J connectivity index is 2.23. The van der Waals surface area contributed by atoms with Gasteiger partial charge in [0.2, 0.25) is 0 Å². The van der Waals surface area contributed by atoms with E-state index in [1.165, 1.54) is 0 Å². The average Bonchev–Trinajstić information content (AvgIpc) is 2.20. The highest BCUT2D eigenvalue weighted by Gasteiger charge is 2.37. The molecule has 13 heavy (non-hydrogen) atoms. The van der Waals surface area contributed by atoms with E-state index in [4.69, 9.17) is 0 Å². The van der Waals surface area contributed by atoms with Gasteiger partial charge in [-0.05, 0) is 0 Å². The first-order chi connectivity index (χ1) is 6.31. The molecule has 4 heteroatoms. The SMILES string of the molecule is FC1(c2ccccc2)CCOOO1. The van der Waals surface area contributed by atoms with E-state index in [2.05, 4.69) is 14.8 Å². The van der Waals surface area contributed by atoms with Crippen molar-refractivity contribution in [3.63, 3.8) is 0 Å². The number of hydrogen-bond acceptors (Lipinski definition) is 3. The molecule has 0 saturated carbocycles. The van der Waals surface area contributed by atoms with Gasteiger partial charge in [-0.15, -0.1) is 0 Å². The second-order valence-corrected chi connectivity index (χ2v) is 2.82. The fourth-order valence-electron chi connectivity index (χ4n) is 1.21. The van der Waals surface area contributed by atoms with Gasteiger partial charge in [-0.3, -0.25) is 0 Å². The van der Waals surface area contributed by atoms with Crippen molar-refractivity contribution < 1.29 is 19.2 Å². The molecule has 0 radical (unpaired) electrons. The Hall–Kier alpha value is -0.970. The highest BCUT2D eigenvalue weighted by Crippen LogP contribution is 2.33. The first kappa shape index (κ1) is 8.62. The third-order valence-electron chi connectivity index (χ3n) is 1.93. The Labute approximate surface area is 74.9 Å². The molecule has 1 unspecified atom stereocenters. The second kappa shape index (κ2) is 3.41. The Kier molecular flexibility index (Phi) is 2.26. The molecule has 70 valence electrons. The molecule has 0 aliphatic carbocycles. The third kappa shape index (κ3) is 1.70. The van der Waals surface area contributed by atoms with E-state index >= 15 is 0 Å². The average molecular weight is 184 g/mol. The van der Waals surface area contributed by atoms with Gasteiger partial charge in [0, 0.05) is 12.0 Å². The Morgan fingerprint density at radius 2 is 2.00 bits per heavy atom. The highest BCUT2D eigenvalue weighted by atomic mass is 19.2. The highest BCUT2D eigenvalue weighted by molar-refractivity contribution is 5.19. The number of halogens is 1. The van der Waals surface area contributed by atoms with Crippen LogP contribution in [-0.2, 0) is 20.7 Å². The molecule has 0 spiro atoms. The van der Waals surface area contributed by atoms with Crippen molar-refractivity contribution in [3.05, 3.63) is 35.9 Å². The molecule has 2 rings (SSSR count). The van der Waals surface area contributed by atoms with E-state index in [0.29, 0.717) is 5.56 Å². The van der Waals surface area contributed by atoms with E-state index in [1.54, 1.807) is 24.3 Å². The zero-order chi connectivity index (χ0) is 9.15. The first-order valence-electron chi connectivity index (χ1n) is 4.03. The zero-order valence-corrected chi connectivity index (χ0v) is 6.90. The van der Waals surface area contributed by atoms with Crippen molar-refractivity contribution in [3.8, 4) is 0 Å². The van der Waals surface area contributed by atoms with Crippen LogP contribution in [0.2, 0.25) is 0 Å². The Bertz CT molecular complexity index is 269. The van der Waals surface area contributed by atoms with Crippen LogP contribution in [0.5, 0.6) is 0 Å². The summed E-state index contributed by atoms with van der Waals surface area (Å²) in [5.41, 5.74) is 0.443. The fraction of sp³-hybridized carbons (Fsp3) is 0.333. The molecule has 0 aromatic heterocycles. The van der Waals surface area contributed by atoms with Crippen LogP contribution in [-0.4, -0.2) is 6.61 Å². The number of rotatable bonds is 1. The molecule has 1 aromatic carbocycles. The Morgan fingerprint density at radius 1 is 1.23 bits per heavy atom. The molecule has 3 nitrogen and oxygen atoms in total. The van der Waals surface area contributed by atoms with E-state index in [0.717, 1.165) is 0 Å².